The normalized spacial score (nSPS) is 16.5. The Balaban J connectivity index is 1.98. The number of nitrogens with zero attached hydrogens (tertiary/aromatic N) is 1. The maximum absolute atomic E-state index is 13.7. The number of rotatable bonds is 9. The average Bonchev–Trinajstić information content (AvgIpc) is 3.20. The van der Waals surface area contributed by atoms with E-state index in [0.29, 0.717) is 41.5 Å². The van der Waals surface area contributed by atoms with Gasteiger partial charge in [0.15, 0.2) is 11.5 Å². The number of hydrogen-bond acceptors (Lipinski definition) is 6. The first kappa shape index (κ1) is 28.7. The topological polar surface area (TPSA) is 85.3 Å². The van der Waals surface area contributed by atoms with Gasteiger partial charge in [-0.15, -0.1) is 0 Å². The third-order valence-corrected chi connectivity index (χ3v) is 7.22. The number of carbonyl (C=O) groups excluding carboxylic acids is 2. The van der Waals surface area contributed by atoms with Gasteiger partial charge in [0.1, 0.15) is 11.5 Å². The van der Waals surface area contributed by atoms with Crippen LogP contribution in [0.2, 0.25) is 0 Å². The molecular formula is C33H37NO6. The van der Waals surface area contributed by atoms with Crippen molar-refractivity contribution in [3.63, 3.8) is 0 Å². The van der Waals surface area contributed by atoms with E-state index in [1.807, 2.05) is 65.8 Å². The molecule has 1 N–H and O–H groups in total. The van der Waals surface area contributed by atoms with E-state index in [2.05, 4.69) is 0 Å². The number of Topliss-reactive ketones (excluding diaryl/α,β-unsaturated/α-hetero) is 1. The highest BCUT2D eigenvalue weighted by atomic mass is 16.5. The zero-order chi connectivity index (χ0) is 29.1. The zero-order valence-corrected chi connectivity index (χ0v) is 24.2. The second-order valence-electron chi connectivity index (χ2n) is 10.1. The molecule has 0 aliphatic carbocycles. The number of aryl methyl sites for hydroxylation is 2. The lowest BCUT2D eigenvalue weighted by atomic mass is 9.92. The van der Waals surface area contributed by atoms with Crippen LogP contribution in [0.15, 0.2) is 60.2 Å². The van der Waals surface area contributed by atoms with Gasteiger partial charge < -0.3 is 19.3 Å². The number of aliphatic hydroxyl groups is 1. The van der Waals surface area contributed by atoms with Crippen molar-refractivity contribution < 1.29 is 28.9 Å². The summed E-state index contributed by atoms with van der Waals surface area (Å²) in [5.41, 5.74) is 4.57. The van der Waals surface area contributed by atoms with Crippen LogP contribution in [0.4, 0.5) is 5.69 Å². The van der Waals surface area contributed by atoms with Gasteiger partial charge in [0, 0.05) is 11.3 Å². The van der Waals surface area contributed by atoms with Gasteiger partial charge in [-0.05, 0) is 98.3 Å². The van der Waals surface area contributed by atoms with Crippen molar-refractivity contribution in [1.82, 2.24) is 0 Å². The van der Waals surface area contributed by atoms with Crippen LogP contribution < -0.4 is 19.1 Å². The lowest BCUT2D eigenvalue weighted by Gasteiger charge is -2.27. The molecule has 1 aliphatic rings. The number of ketones is 1. The molecule has 1 heterocycles. The predicted molar refractivity (Wildman–Crippen MR) is 157 cm³/mol. The lowest BCUT2D eigenvalue weighted by molar-refractivity contribution is -0.132. The second kappa shape index (κ2) is 11.9. The minimum atomic E-state index is -0.888. The monoisotopic (exact) mass is 543 g/mol. The Kier molecular flexibility index (Phi) is 8.52. The van der Waals surface area contributed by atoms with Crippen LogP contribution in [0.1, 0.15) is 67.5 Å². The number of amides is 1. The van der Waals surface area contributed by atoms with Crippen molar-refractivity contribution >= 4 is 23.1 Å². The van der Waals surface area contributed by atoms with Crippen LogP contribution in [0.5, 0.6) is 17.2 Å². The summed E-state index contributed by atoms with van der Waals surface area (Å²) in [5, 5.41) is 11.7. The van der Waals surface area contributed by atoms with Gasteiger partial charge in [-0.2, -0.15) is 0 Å². The molecule has 1 amide bonds. The molecule has 0 bridgehead atoms. The molecule has 0 radical (unpaired) electrons. The largest absolute Gasteiger partial charge is 0.507 e. The molecule has 3 aromatic carbocycles. The van der Waals surface area contributed by atoms with Crippen LogP contribution in [-0.2, 0) is 9.59 Å². The highest BCUT2D eigenvalue weighted by Crippen LogP contribution is 2.45. The summed E-state index contributed by atoms with van der Waals surface area (Å²) in [6.45, 7) is 12.7. The first-order chi connectivity index (χ1) is 19.1. The average molecular weight is 544 g/mol. The first-order valence-electron chi connectivity index (χ1n) is 13.6. The first-order valence-corrected chi connectivity index (χ1v) is 13.6. The molecule has 1 atom stereocenters. The Hall–Kier alpha value is -4.26. The molecular weight excluding hydrogens is 506 g/mol. The molecule has 0 saturated carbocycles. The molecule has 7 heteroatoms. The van der Waals surface area contributed by atoms with Crippen molar-refractivity contribution in [3.05, 3.63) is 88.0 Å². The van der Waals surface area contributed by atoms with Gasteiger partial charge in [0.2, 0.25) is 0 Å². The number of carbonyl (C=O) groups is 2. The summed E-state index contributed by atoms with van der Waals surface area (Å²) in [6.07, 6.45) is 0. The number of ether oxygens (including phenoxy) is 3. The van der Waals surface area contributed by atoms with E-state index in [1.54, 1.807) is 37.4 Å². The fourth-order valence-corrected chi connectivity index (χ4v) is 5.01. The van der Waals surface area contributed by atoms with Crippen LogP contribution >= 0.6 is 0 Å². The summed E-state index contributed by atoms with van der Waals surface area (Å²) in [4.78, 5) is 28.8. The van der Waals surface area contributed by atoms with Gasteiger partial charge in [-0.1, -0.05) is 26.0 Å². The van der Waals surface area contributed by atoms with Crippen molar-refractivity contribution in [2.45, 2.75) is 53.5 Å². The summed E-state index contributed by atoms with van der Waals surface area (Å²) in [5.74, 6) is 0.135. The van der Waals surface area contributed by atoms with Gasteiger partial charge in [0.05, 0.1) is 31.9 Å². The van der Waals surface area contributed by atoms with E-state index in [-0.39, 0.29) is 17.3 Å². The van der Waals surface area contributed by atoms with Gasteiger partial charge in [-0.3, -0.25) is 14.5 Å². The quantitative estimate of drug-likeness (QED) is 0.180. The van der Waals surface area contributed by atoms with Crippen LogP contribution in [0, 0.1) is 13.8 Å². The van der Waals surface area contributed by atoms with Gasteiger partial charge in [0.25, 0.3) is 11.7 Å². The van der Waals surface area contributed by atoms with Crippen LogP contribution in [0.3, 0.4) is 0 Å². The molecule has 1 aliphatic heterocycles. The lowest BCUT2D eigenvalue weighted by Crippen LogP contribution is -2.29. The molecule has 0 aromatic heterocycles. The number of benzene rings is 3. The number of hydrogen-bond donors (Lipinski definition) is 1. The maximum atomic E-state index is 13.7. The molecule has 1 fully saturated rings. The molecule has 40 heavy (non-hydrogen) atoms. The SMILES string of the molecule is CCOc1cc(C2/C(=C(\O)c3ccc(OCC)c(C(C)C)c3)C(=O)C(=O)N2c2ccc(C)c(C)c2)ccc1OC. The Morgan fingerprint density at radius 1 is 0.875 bits per heavy atom. The Labute approximate surface area is 236 Å². The van der Waals surface area contributed by atoms with Crippen molar-refractivity contribution in [2.75, 3.05) is 25.2 Å². The van der Waals surface area contributed by atoms with Crippen LogP contribution in [-0.4, -0.2) is 37.1 Å². The van der Waals surface area contributed by atoms with Crippen molar-refractivity contribution in [1.29, 1.82) is 0 Å². The summed E-state index contributed by atoms with van der Waals surface area (Å²) >= 11 is 0. The van der Waals surface area contributed by atoms with E-state index >= 15 is 0 Å². The minimum absolute atomic E-state index is 0.00899. The minimum Gasteiger partial charge on any atom is -0.507 e. The van der Waals surface area contributed by atoms with E-state index in [4.69, 9.17) is 14.2 Å². The molecule has 210 valence electrons. The summed E-state index contributed by atoms with van der Waals surface area (Å²) in [6, 6.07) is 15.4. The number of methoxy groups -OCH3 is 1. The van der Waals surface area contributed by atoms with Gasteiger partial charge in [-0.25, -0.2) is 0 Å². The van der Waals surface area contributed by atoms with E-state index in [1.165, 1.54) is 4.90 Å². The summed E-state index contributed by atoms with van der Waals surface area (Å²) in [7, 11) is 1.55. The third kappa shape index (κ3) is 5.28. The number of aliphatic hydroxyl groups excluding tert-OH is 1. The molecule has 4 rings (SSSR count). The van der Waals surface area contributed by atoms with Crippen molar-refractivity contribution in [3.8, 4) is 17.2 Å². The molecule has 7 nitrogen and oxygen atoms in total. The fraction of sp³-hybridized carbons (Fsp3) is 0.333. The van der Waals surface area contributed by atoms with Crippen molar-refractivity contribution in [2.24, 2.45) is 0 Å². The van der Waals surface area contributed by atoms with Crippen LogP contribution in [0.25, 0.3) is 5.76 Å². The summed E-state index contributed by atoms with van der Waals surface area (Å²) < 4.78 is 17.1. The predicted octanol–water partition coefficient (Wildman–Crippen LogP) is 6.86. The fourth-order valence-electron chi connectivity index (χ4n) is 5.01. The molecule has 3 aromatic rings. The van der Waals surface area contributed by atoms with E-state index in [9.17, 15) is 14.7 Å². The second-order valence-corrected chi connectivity index (χ2v) is 10.1. The standard InChI is InChI=1S/C33H37NO6/c1-8-39-26-14-12-23(17-25(26)19(3)4)31(35)29-30(22-11-15-27(38-7)28(18-22)40-9-2)34(33(37)32(29)36)24-13-10-20(5)21(6)16-24/h10-19,30,35H,8-9H2,1-7H3/b31-29+. The Morgan fingerprint density at radius 2 is 1.55 bits per heavy atom. The molecule has 1 unspecified atom stereocenters. The molecule has 0 spiro atoms. The zero-order valence-electron chi connectivity index (χ0n) is 24.2. The Bertz CT molecular complexity index is 1470. The van der Waals surface area contributed by atoms with E-state index in [0.717, 1.165) is 22.4 Å². The van der Waals surface area contributed by atoms with Gasteiger partial charge >= 0.3 is 0 Å². The third-order valence-electron chi connectivity index (χ3n) is 7.22. The molecule has 1 saturated heterocycles. The smallest absolute Gasteiger partial charge is 0.300 e. The maximum Gasteiger partial charge on any atom is 0.300 e. The van der Waals surface area contributed by atoms with E-state index < -0.39 is 17.7 Å². The Morgan fingerprint density at radius 3 is 2.17 bits per heavy atom. The highest BCUT2D eigenvalue weighted by Gasteiger charge is 2.47. The highest BCUT2D eigenvalue weighted by molar-refractivity contribution is 6.51. The number of anilines is 1.